The van der Waals surface area contributed by atoms with Crippen LogP contribution in [0.3, 0.4) is 0 Å². The first-order valence-corrected chi connectivity index (χ1v) is 13.0. The van der Waals surface area contributed by atoms with Gasteiger partial charge >= 0.3 is 0 Å². The molecule has 2 aliphatic rings. The third-order valence-corrected chi connectivity index (χ3v) is 7.15. The number of nitrogens with one attached hydrogen (secondary N) is 2. The van der Waals surface area contributed by atoms with Gasteiger partial charge in [0.05, 0.1) is 11.3 Å². The lowest BCUT2D eigenvalue weighted by Gasteiger charge is -2.27. The number of fused-ring (bicyclic) bond motifs is 1. The first-order chi connectivity index (χ1) is 18.1. The van der Waals surface area contributed by atoms with Gasteiger partial charge in [0.25, 0.3) is 5.91 Å². The Bertz CT molecular complexity index is 1500. The fourth-order valence-electron chi connectivity index (χ4n) is 4.92. The molecule has 1 aliphatic carbocycles. The number of aromatic nitrogens is 1. The van der Waals surface area contributed by atoms with E-state index in [1.807, 2.05) is 50.3 Å². The van der Waals surface area contributed by atoms with Crippen molar-refractivity contribution in [3.8, 4) is 11.5 Å². The molecule has 196 valence electrons. The van der Waals surface area contributed by atoms with Crippen molar-refractivity contribution in [1.29, 1.82) is 0 Å². The zero-order valence-corrected chi connectivity index (χ0v) is 22.4. The van der Waals surface area contributed by atoms with Crippen molar-refractivity contribution in [2.45, 2.75) is 52.1 Å². The van der Waals surface area contributed by atoms with Gasteiger partial charge in [-0.05, 0) is 81.3 Å². The number of aryl methyl sites for hydroxylation is 1. The number of carbonyl (C=O) groups is 1. The summed E-state index contributed by atoms with van der Waals surface area (Å²) in [5.41, 5.74) is 5.23. The summed E-state index contributed by atoms with van der Waals surface area (Å²) in [6, 6.07) is 13.7. The highest BCUT2D eigenvalue weighted by atomic mass is 16.5. The van der Waals surface area contributed by atoms with E-state index in [9.17, 15) is 14.7 Å². The highest BCUT2D eigenvalue weighted by molar-refractivity contribution is 6.01. The molecule has 0 radical (unpaired) electrons. The van der Waals surface area contributed by atoms with Crippen molar-refractivity contribution in [2.75, 3.05) is 13.6 Å². The molecule has 3 aromatic rings. The second kappa shape index (κ2) is 9.67. The zero-order valence-electron chi connectivity index (χ0n) is 22.4. The Labute approximate surface area is 222 Å². The number of hydrogen-bond donors (Lipinski definition) is 3. The van der Waals surface area contributed by atoms with E-state index in [-0.39, 0.29) is 5.91 Å². The van der Waals surface area contributed by atoms with Gasteiger partial charge < -0.3 is 25.0 Å². The minimum absolute atomic E-state index is 0.259. The van der Waals surface area contributed by atoms with Gasteiger partial charge in [0.1, 0.15) is 17.2 Å². The van der Waals surface area contributed by atoms with Crippen LogP contribution in [0.15, 0.2) is 48.7 Å². The van der Waals surface area contributed by atoms with Crippen LogP contribution >= 0.6 is 0 Å². The summed E-state index contributed by atoms with van der Waals surface area (Å²) in [6.07, 6.45) is 4.14. The molecule has 1 saturated carbocycles. The molecule has 38 heavy (non-hydrogen) atoms. The molecule has 1 fully saturated rings. The maximum absolute atomic E-state index is 12.7. The number of carbonyl (C=O) groups excluding carboxylic acids is 2. The first-order valence-electron chi connectivity index (χ1n) is 13.0. The van der Waals surface area contributed by atoms with Crippen LogP contribution in [-0.2, 0) is 10.4 Å². The van der Waals surface area contributed by atoms with Crippen LogP contribution in [-0.4, -0.2) is 40.4 Å². The number of para-hydroxylation sites is 1. The van der Waals surface area contributed by atoms with Gasteiger partial charge in [0.2, 0.25) is 0 Å². The normalized spacial score (nSPS) is 15.1. The Morgan fingerprint density at radius 2 is 1.97 bits per heavy atom. The van der Waals surface area contributed by atoms with Gasteiger partial charge in [-0.25, -0.2) is 4.79 Å². The van der Waals surface area contributed by atoms with E-state index in [1.54, 1.807) is 31.9 Å². The Balaban J connectivity index is 1.70. The first kappa shape index (κ1) is 25.6. The van der Waals surface area contributed by atoms with Crippen LogP contribution in [0.25, 0.3) is 11.3 Å². The molecule has 7 nitrogen and oxygen atoms in total. The Hall–Kier alpha value is -4.06. The van der Waals surface area contributed by atoms with E-state index in [2.05, 4.69) is 22.4 Å². The standard InChI is InChI=1S/C31H33N3O4/c1-6-32-30(36)25-15-23-24(16-34(5)26(17-35)28(23)33-25)22-14-20(31(3,4)37)12-13-27(22)38-29-18(2)8-7-9-21(29)19-10-11-19/h7-9,12-16,19,33,37H,6,10-11H2,1-5H3,(H,32,36). The molecule has 3 N–H and O–H groups in total. The van der Waals surface area contributed by atoms with Gasteiger partial charge in [-0.15, -0.1) is 0 Å². The quantitative estimate of drug-likeness (QED) is 0.365. The lowest BCUT2D eigenvalue weighted by Crippen LogP contribution is -2.23. The molecule has 0 spiro atoms. The highest BCUT2D eigenvalue weighted by Crippen LogP contribution is 2.48. The van der Waals surface area contributed by atoms with Crippen LogP contribution in [0, 0.1) is 6.92 Å². The van der Waals surface area contributed by atoms with Crippen molar-refractivity contribution in [3.05, 3.63) is 87.9 Å². The number of aliphatic hydroxyl groups is 1. The Morgan fingerprint density at radius 1 is 1.21 bits per heavy atom. The average Bonchev–Trinajstić information content (AvgIpc) is 3.62. The topological polar surface area (TPSA) is 94.7 Å². The predicted molar refractivity (Wildman–Crippen MR) is 148 cm³/mol. The fourth-order valence-corrected chi connectivity index (χ4v) is 4.92. The van der Waals surface area contributed by atoms with E-state index < -0.39 is 5.60 Å². The van der Waals surface area contributed by atoms with Gasteiger partial charge in [-0.1, -0.05) is 24.3 Å². The minimum atomic E-state index is -1.09. The monoisotopic (exact) mass is 511 g/mol. The number of aromatic amines is 1. The number of nitrogens with zero attached hydrogens (tertiary/aromatic N) is 1. The number of H-pyrrole nitrogens is 1. The third-order valence-electron chi connectivity index (χ3n) is 7.15. The van der Waals surface area contributed by atoms with Crippen LogP contribution in [0.5, 0.6) is 11.5 Å². The smallest absolute Gasteiger partial charge is 0.267 e. The maximum Gasteiger partial charge on any atom is 0.267 e. The van der Waals surface area contributed by atoms with Gasteiger partial charge in [-0.3, -0.25) is 4.79 Å². The maximum atomic E-state index is 12.7. The summed E-state index contributed by atoms with van der Waals surface area (Å²) in [4.78, 5) is 29.4. The fraction of sp³-hybridized carbons (Fsp3) is 0.323. The van der Waals surface area contributed by atoms with Crippen LogP contribution in [0.4, 0.5) is 0 Å². The van der Waals surface area contributed by atoms with E-state index >= 15 is 0 Å². The molecule has 1 amide bonds. The molecule has 7 heteroatoms. The molecular formula is C31H33N3O4. The van der Waals surface area contributed by atoms with Crippen molar-refractivity contribution in [3.63, 3.8) is 0 Å². The van der Waals surface area contributed by atoms with E-state index in [0.29, 0.717) is 46.4 Å². The number of amides is 1. The van der Waals surface area contributed by atoms with Crippen molar-refractivity contribution in [2.24, 2.45) is 0 Å². The summed E-state index contributed by atoms with van der Waals surface area (Å²) in [7, 11) is 1.77. The van der Waals surface area contributed by atoms with Crippen molar-refractivity contribution in [1.82, 2.24) is 15.2 Å². The lowest BCUT2D eigenvalue weighted by molar-refractivity contribution is 0.0785. The van der Waals surface area contributed by atoms with Crippen LogP contribution < -0.4 is 10.1 Å². The molecule has 0 bridgehead atoms. The molecule has 0 saturated heterocycles. The molecule has 0 atom stereocenters. The Morgan fingerprint density at radius 3 is 2.63 bits per heavy atom. The molecule has 0 unspecified atom stereocenters. The molecule has 1 aliphatic heterocycles. The number of rotatable bonds is 7. The summed E-state index contributed by atoms with van der Waals surface area (Å²) >= 11 is 0. The molecule has 1 aromatic heterocycles. The van der Waals surface area contributed by atoms with E-state index in [4.69, 9.17) is 4.74 Å². The van der Waals surface area contributed by atoms with Crippen molar-refractivity contribution >= 4 is 23.1 Å². The number of benzene rings is 2. The van der Waals surface area contributed by atoms with Gasteiger partial charge in [-0.2, -0.15) is 0 Å². The number of hydrogen-bond acceptors (Lipinski definition) is 5. The van der Waals surface area contributed by atoms with Crippen LogP contribution in [0.2, 0.25) is 0 Å². The lowest BCUT2D eigenvalue weighted by atomic mass is 9.89. The largest absolute Gasteiger partial charge is 0.456 e. The molecule has 2 heterocycles. The summed E-state index contributed by atoms with van der Waals surface area (Å²) in [6.45, 7) is 7.85. The summed E-state index contributed by atoms with van der Waals surface area (Å²) in [5, 5.41) is 13.6. The number of ether oxygens (including phenoxy) is 1. The average molecular weight is 512 g/mol. The van der Waals surface area contributed by atoms with Crippen molar-refractivity contribution < 1.29 is 19.4 Å². The highest BCUT2D eigenvalue weighted by Gasteiger charge is 2.31. The van der Waals surface area contributed by atoms with Crippen LogP contribution in [0.1, 0.15) is 83.5 Å². The predicted octanol–water partition coefficient (Wildman–Crippen LogP) is 5.48. The Kier molecular flexibility index (Phi) is 6.51. The third kappa shape index (κ3) is 4.67. The SMILES string of the molecule is CCNC(=O)c1cc2c([nH]1)C(=C=O)N(C)C=C2c1cc(C(C)(C)O)ccc1Oc1c(C)cccc1C1CC1. The summed E-state index contributed by atoms with van der Waals surface area (Å²) < 4.78 is 6.68. The zero-order chi connectivity index (χ0) is 27.2. The van der Waals surface area contributed by atoms with Gasteiger partial charge in [0, 0.05) is 36.5 Å². The molecule has 5 rings (SSSR count). The molecule has 2 aromatic carbocycles. The second-order valence-electron chi connectivity index (χ2n) is 10.6. The van der Waals surface area contributed by atoms with Gasteiger partial charge in [0.15, 0.2) is 11.6 Å². The van der Waals surface area contributed by atoms with E-state index in [1.165, 1.54) is 5.56 Å². The van der Waals surface area contributed by atoms with E-state index in [0.717, 1.165) is 35.3 Å². The second-order valence-corrected chi connectivity index (χ2v) is 10.6. The summed E-state index contributed by atoms with van der Waals surface area (Å²) in [5.74, 6) is 3.72. The molecular weight excluding hydrogens is 478 g/mol. The minimum Gasteiger partial charge on any atom is -0.456 e.